The minimum Gasteiger partial charge on any atom is -0.350 e. The molecule has 22 heavy (non-hydrogen) atoms. The van der Waals surface area contributed by atoms with Gasteiger partial charge in [0.15, 0.2) is 0 Å². The van der Waals surface area contributed by atoms with Gasteiger partial charge in [-0.2, -0.15) is 0 Å². The molecule has 116 valence electrons. The number of rotatable bonds is 5. The summed E-state index contributed by atoms with van der Waals surface area (Å²) in [4.78, 5) is 12.2. The van der Waals surface area contributed by atoms with E-state index in [1.165, 1.54) is 11.1 Å². The average Bonchev–Trinajstić information content (AvgIpc) is 2.50. The normalized spacial score (nSPS) is 13.5. The van der Waals surface area contributed by atoms with Crippen LogP contribution in [-0.4, -0.2) is 5.91 Å². The van der Waals surface area contributed by atoms with Crippen LogP contribution in [0.25, 0.3) is 0 Å². The molecule has 0 aliphatic carbocycles. The Hall–Kier alpha value is -2.13. The van der Waals surface area contributed by atoms with Crippen LogP contribution < -0.4 is 11.1 Å². The Morgan fingerprint density at radius 1 is 1.09 bits per heavy atom. The minimum atomic E-state index is -0.271. The van der Waals surface area contributed by atoms with Crippen LogP contribution in [-0.2, 0) is 4.79 Å². The van der Waals surface area contributed by atoms with Gasteiger partial charge in [0, 0.05) is 12.5 Å². The van der Waals surface area contributed by atoms with Crippen molar-refractivity contribution < 1.29 is 4.79 Å². The third kappa shape index (κ3) is 3.95. The summed E-state index contributed by atoms with van der Waals surface area (Å²) < 4.78 is 0. The molecule has 0 bridgehead atoms. The highest BCUT2D eigenvalue weighted by Gasteiger charge is 2.15. The number of amides is 1. The van der Waals surface area contributed by atoms with Crippen molar-refractivity contribution in [1.82, 2.24) is 5.32 Å². The van der Waals surface area contributed by atoms with Crippen LogP contribution in [0.1, 0.15) is 47.7 Å². The topological polar surface area (TPSA) is 55.1 Å². The lowest BCUT2D eigenvalue weighted by Gasteiger charge is -2.19. The number of nitrogens with two attached hydrogens (primary N) is 1. The first-order valence-corrected chi connectivity index (χ1v) is 7.65. The Morgan fingerprint density at radius 3 is 2.45 bits per heavy atom. The van der Waals surface area contributed by atoms with Crippen LogP contribution >= 0.6 is 0 Å². The van der Waals surface area contributed by atoms with Crippen molar-refractivity contribution in [3.8, 4) is 0 Å². The van der Waals surface area contributed by atoms with Crippen molar-refractivity contribution >= 4 is 5.91 Å². The van der Waals surface area contributed by atoms with Crippen LogP contribution in [0.3, 0.4) is 0 Å². The van der Waals surface area contributed by atoms with E-state index in [-0.39, 0.29) is 18.0 Å². The van der Waals surface area contributed by atoms with Gasteiger partial charge in [0.25, 0.3) is 0 Å². The first-order chi connectivity index (χ1) is 10.5. The van der Waals surface area contributed by atoms with Gasteiger partial charge >= 0.3 is 0 Å². The van der Waals surface area contributed by atoms with Gasteiger partial charge in [-0.25, -0.2) is 0 Å². The second-order valence-electron chi connectivity index (χ2n) is 5.80. The fourth-order valence-corrected chi connectivity index (χ4v) is 2.64. The summed E-state index contributed by atoms with van der Waals surface area (Å²) in [7, 11) is 0. The van der Waals surface area contributed by atoms with Crippen molar-refractivity contribution in [2.75, 3.05) is 0 Å². The molecule has 0 heterocycles. The van der Waals surface area contributed by atoms with E-state index < -0.39 is 0 Å². The zero-order valence-corrected chi connectivity index (χ0v) is 13.5. The van der Waals surface area contributed by atoms with Crippen LogP contribution in [0.2, 0.25) is 0 Å². The van der Waals surface area contributed by atoms with Gasteiger partial charge in [-0.05, 0) is 43.0 Å². The first kappa shape index (κ1) is 16.2. The molecular weight excluding hydrogens is 272 g/mol. The van der Waals surface area contributed by atoms with E-state index in [1.54, 1.807) is 0 Å². The molecule has 1 amide bonds. The number of nitrogens with one attached hydrogen (secondary N) is 1. The van der Waals surface area contributed by atoms with Gasteiger partial charge in [-0.1, -0.05) is 48.5 Å². The van der Waals surface area contributed by atoms with Crippen molar-refractivity contribution in [1.29, 1.82) is 0 Å². The fourth-order valence-electron chi connectivity index (χ4n) is 2.64. The molecule has 2 rings (SSSR count). The zero-order valence-electron chi connectivity index (χ0n) is 13.5. The molecule has 0 aliphatic rings. The van der Waals surface area contributed by atoms with E-state index in [0.717, 1.165) is 11.1 Å². The molecule has 0 saturated carbocycles. The molecule has 0 radical (unpaired) electrons. The number of hydrogen-bond donors (Lipinski definition) is 2. The maximum Gasteiger partial charge on any atom is 0.222 e. The fraction of sp³-hybridized carbons (Fsp3) is 0.316. The van der Waals surface area contributed by atoms with Crippen LogP contribution in [0.15, 0.2) is 48.5 Å². The van der Waals surface area contributed by atoms with E-state index in [9.17, 15) is 4.79 Å². The summed E-state index contributed by atoms with van der Waals surface area (Å²) in [6.07, 6.45) is 0.291. The van der Waals surface area contributed by atoms with Crippen LogP contribution in [0.5, 0.6) is 0 Å². The lowest BCUT2D eigenvalue weighted by molar-refractivity contribution is -0.122. The van der Waals surface area contributed by atoms with Crippen molar-refractivity contribution in [2.24, 2.45) is 5.73 Å². The Balaban J connectivity index is 1.98. The highest BCUT2D eigenvalue weighted by Crippen LogP contribution is 2.21. The second kappa shape index (κ2) is 7.23. The standard InChI is InChI=1S/C19H24N2O/c1-13-8-7-11-17(14(13)2)15(3)21-19(22)12-18(20)16-9-5-4-6-10-16/h4-11,15,18H,12,20H2,1-3H3,(H,21,22). The Bertz CT molecular complexity index is 637. The number of carbonyl (C=O) groups is 1. The SMILES string of the molecule is Cc1cccc(C(C)NC(=O)CC(N)c2ccccc2)c1C. The molecule has 0 spiro atoms. The molecule has 3 N–H and O–H groups in total. The number of carbonyl (C=O) groups excluding carboxylic acids is 1. The lowest BCUT2D eigenvalue weighted by atomic mass is 9.98. The smallest absolute Gasteiger partial charge is 0.222 e. The van der Waals surface area contributed by atoms with Crippen LogP contribution in [0, 0.1) is 13.8 Å². The van der Waals surface area contributed by atoms with Gasteiger partial charge in [-0.3, -0.25) is 4.79 Å². The summed E-state index contributed by atoms with van der Waals surface area (Å²) in [6, 6.07) is 15.6. The first-order valence-electron chi connectivity index (χ1n) is 7.65. The molecule has 3 heteroatoms. The quantitative estimate of drug-likeness (QED) is 0.886. The van der Waals surface area contributed by atoms with Crippen molar-refractivity contribution in [2.45, 2.75) is 39.3 Å². The third-order valence-electron chi connectivity index (χ3n) is 4.12. The zero-order chi connectivity index (χ0) is 16.1. The highest BCUT2D eigenvalue weighted by atomic mass is 16.1. The monoisotopic (exact) mass is 296 g/mol. The summed E-state index contributed by atoms with van der Waals surface area (Å²) in [6.45, 7) is 6.18. The predicted molar refractivity (Wildman–Crippen MR) is 90.5 cm³/mol. The van der Waals surface area contributed by atoms with E-state index in [2.05, 4.69) is 31.3 Å². The lowest BCUT2D eigenvalue weighted by Crippen LogP contribution is -2.30. The maximum atomic E-state index is 12.2. The summed E-state index contributed by atoms with van der Waals surface area (Å²) >= 11 is 0. The second-order valence-corrected chi connectivity index (χ2v) is 5.80. The van der Waals surface area contributed by atoms with Gasteiger partial charge in [-0.15, -0.1) is 0 Å². The van der Waals surface area contributed by atoms with Gasteiger partial charge < -0.3 is 11.1 Å². The Morgan fingerprint density at radius 2 is 1.77 bits per heavy atom. The minimum absolute atomic E-state index is 0.0182. The third-order valence-corrected chi connectivity index (χ3v) is 4.12. The molecule has 3 nitrogen and oxygen atoms in total. The van der Waals surface area contributed by atoms with Crippen molar-refractivity contribution in [3.05, 3.63) is 70.8 Å². The highest BCUT2D eigenvalue weighted by molar-refractivity contribution is 5.77. The summed E-state index contributed by atoms with van der Waals surface area (Å²) in [5, 5.41) is 3.05. The number of hydrogen-bond acceptors (Lipinski definition) is 2. The summed E-state index contributed by atoms with van der Waals surface area (Å²) in [5.41, 5.74) is 10.7. The largest absolute Gasteiger partial charge is 0.350 e. The molecule has 0 saturated heterocycles. The molecular formula is C19H24N2O. The predicted octanol–water partition coefficient (Wildman–Crippen LogP) is 3.57. The Labute approximate surface area is 132 Å². The molecule has 0 aliphatic heterocycles. The maximum absolute atomic E-state index is 12.2. The Kier molecular flexibility index (Phi) is 5.34. The van der Waals surface area contributed by atoms with Gasteiger partial charge in [0.2, 0.25) is 5.91 Å². The van der Waals surface area contributed by atoms with E-state index >= 15 is 0 Å². The van der Waals surface area contributed by atoms with Crippen molar-refractivity contribution in [3.63, 3.8) is 0 Å². The molecule has 2 aromatic carbocycles. The van der Waals surface area contributed by atoms with Gasteiger partial charge in [0.1, 0.15) is 0 Å². The number of benzene rings is 2. The molecule has 2 atom stereocenters. The van der Waals surface area contributed by atoms with E-state index in [1.807, 2.05) is 43.3 Å². The van der Waals surface area contributed by atoms with E-state index in [4.69, 9.17) is 5.73 Å². The number of aryl methyl sites for hydroxylation is 1. The summed E-state index contributed by atoms with van der Waals surface area (Å²) in [5.74, 6) is -0.0234. The molecule has 2 aromatic rings. The molecule has 0 aromatic heterocycles. The van der Waals surface area contributed by atoms with Gasteiger partial charge in [0.05, 0.1) is 6.04 Å². The molecule has 0 fully saturated rings. The van der Waals surface area contributed by atoms with Crippen LogP contribution in [0.4, 0.5) is 0 Å². The molecule has 2 unspecified atom stereocenters. The van der Waals surface area contributed by atoms with E-state index in [0.29, 0.717) is 6.42 Å². The average molecular weight is 296 g/mol.